The minimum atomic E-state index is -0.178. The van der Waals surface area contributed by atoms with Crippen LogP contribution >= 0.6 is 11.6 Å². The summed E-state index contributed by atoms with van der Waals surface area (Å²) in [5.41, 5.74) is 0. The molecule has 2 unspecified atom stereocenters. The molecule has 0 saturated heterocycles. The fourth-order valence-electron chi connectivity index (χ4n) is 0.587. The van der Waals surface area contributed by atoms with Crippen molar-refractivity contribution < 1.29 is 0 Å². The summed E-state index contributed by atoms with van der Waals surface area (Å²) < 4.78 is -0.178. The predicted octanol–water partition coefficient (Wildman–Crippen LogP) is -0.581. The molecule has 0 spiro atoms. The average molecular weight is 167 g/mol. The molecule has 0 radical (unpaired) electrons. The van der Waals surface area contributed by atoms with Crippen LogP contribution in [0.15, 0.2) is 0 Å². The third kappa shape index (κ3) is 6.31. The molecule has 0 aromatic heterocycles. The van der Waals surface area contributed by atoms with Crippen LogP contribution in [0.2, 0.25) is 0 Å². The zero-order valence-electron chi connectivity index (χ0n) is 6.46. The lowest BCUT2D eigenvalue weighted by Crippen LogP contribution is -2.48. The van der Waals surface area contributed by atoms with Crippen LogP contribution in [0.3, 0.4) is 0 Å². The molecular formula is C5H15ClN2Si. The van der Waals surface area contributed by atoms with E-state index in [4.69, 9.17) is 11.6 Å². The average Bonchev–Trinajstić information content (AvgIpc) is 1.62. The maximum Gasteiger partial charge on any atom is 0.0708 e. The number of rotatable bonds is 3. The predicted molar refractivity (Wildman–Crippen MR) is 45.9 cm³/mol. The standard InChI is InChI=1S/C5H15ClN2Si/c1-4(7-3)8-5(2,6)9/h4,7-8H,1-3,9H3. The summed E-state index contributed by atoms with van der Waals surface area (Å²) in [6.07, 6.45) is 0.296. The zero-order valence-corrected chi connectivity index (χ0v) is 9.21. The number of alkyl halides is 1. The molecule has 0 amide bonds. The first-order valence-corrected chi connectivity index (χ1v) is 4.47. The van der Waals surface area contributed by atoms with Crippen molar-refractivity contribution in [3.63, 3.8) is 0 Å². The van der Waals surface area contributed by atoms with Crippen LogP contribution in [0.1, 0.15) is 13.8 Å². The minimum absolute atomic E-state index is 0.178. The fourth-order valence-corrected chi connectivity index (χ4v) is 1.18. The normalized spacial score (nSPS) is 21.3. The molecule has 0 aliphatic rings. The van der Waals surface area contributed by atoms with E-state index in [1.54, 1.807) is 0 Å². The quantitative estimate of drug-likeness (QED) is 0.254. The van der Waals surface area contributed by atoms with E-state index in [0.717, 1.165) is 10.2 Å². The van der Waals surface area contributed by atoms with Crippen molar-refractivity contribution in [3.8, 4) is 0 Å². The van der Waals surface area contributed by atoms with Gasteiger partial charge in [-0.05, 0) is 20.9 Å². The summed E-state index contributed by atoms with van der Waals surface area (Å²) >= 11 is 5.92. The third-order valence-corrected chi connectivity index (χ3v) is 1.39. The lowest BCUT2D eigenvalue weighted by Gasteiger charge is -2.23. The van der Waals surface area contributed by atoms with Gasteiger partial charge in [-0.2, -0.15) is 0 Å². The first-order valence-electron chi connectivity index (χ1n) is 3.09. The van der Waals surface area contributed by atoms with Gasteiger partial charge < -0.3 is 5.32 Å². The van der Waals surface area contributed by atoms with Crippen LogP contribution in [-0.2, 0) is 0 Å². The molecule has 0 fully saturated rings. The summed E-state index contributed by atoms with van der Waals surface area (Å²) in [4.78, 5) is 0. The summed E-state index contributed by atoms with van der Waals surface area (Å²) in [6.45, 7) is 4.02. The Morgan fingerprint density at radius 2 is 2.11 bits per heavy atom. The molecule has 0 aliphatic carbocycles. The van der Waals surface area contributed by atoms with E-state index in [-0.39, 0.29) is 4.62 Å². The molecule has 0 aliphatic heterocycles. The van der Waals surface area contributed by atoms with Crippen molar-refractivity contribution in [3.05, 3.63) is 0 Å². The summed E-state index contributed by atoms with van der Waals surface area (Å²) in [7, 11) is 2.85. The maximum atomic E-state index is 5.92. The smallest absolute Gasteiger partial charge is 0.0708 e. The largest absolute Gasteiger partial charge is 0.305 e. The molecule has 2 N–H and O–H groups in total. The lowest BCUT2D eigenvalue weighted by atomic mass is 10.5. The van der Waals surface area contributed by atoms with Crippen LogP contribution in [-0.4, -0.2) is 28.1 Å². The first-order chi connectivity index (χ1) is 3.95. The van der Waals surface area contributed by atoms with Gasteiger partial charge >= 0.3 is 0 Å². The number of nitrogens with one attached hydrogen (secondary N) is 2. The van der Waals surface area contributed by atoms with Gasteiger partial charge in [0.1, 0.15) is 0 Å². The number of halogens is 1. The second kappa shape index (κ2) is 3.56. The van der Waals surface area contributed by atoms with E-state index in [2.05, 4.69) is 10.6 Å². The number of hydrogen-bond donors (Lipinski definition) is 2. The summed E-state index contributed by atoms with van der Waals surface area (Å²) in [5, 5.41) is 6.23. The molecule has 0 aromatic carbocycles. The van der Waals surface area contributed by atoms with Crippen LogP contribution in [0.25, 0.3) is 0 Å². The topological polar surface area (TPSA) is 24.1 Å². The molecule has 0 rings (SSSR count). The molecule has 2 nitrogen and oxygen atoms in total. The highest BCUT2D eigenvalue weighted by Crippen LogP contribution is 2.02. The van der Waals surface area contributed by atoms with Crippen molar-refractivity contribution >= 4 is 21.8 Å². The zero-order chi connectivity index (χ0) is 7.49. The Kier molecular flexibility index (Phi) is 3.73. The van der Waals surface area contributed by atoms with Crippen molar-refractivity contribution in [2.75, 3.05) is 7.05 Å². The van der Waals surface area contributed by atoms with E-state index in [1.807, 2.05) is 20.9 Å². The van der Waals surface area contributed by atoms with Gasteiger partial charge in [0, 0.05) is 10.2 Å². The number of hydrogen-bond acceptors (Lipinski definition) is 2. The van der Waals surface area contributed by atoms with Gasteiger partial charge in [0.05, 0.1) is 10.8 Å². The van der Waals surface area contributed by atoms with Crippen LogP contribution in [0.4, 0.5) is 0 Å². The Hall–Kier alpha value is 0.427. The minimum Gasteiger partial charge on any atom is -0.305 e. The van der Waals surface area contributed by atoms with E-state index < -0.39 is 0 Å². The van der Waals surface area contributed by atoms with E-state index in [9.17, 15) is 0 Å². The molecule has 9 heavy (non-hydrogen) atoms. The fraction of sp³-hybridized carbons (Fsp3) is 1.00. The lowest BCUT2D eigenvalue weighted by molar-refractivity contribution is 0.461. The van der Waals surface area contributed by atoms with Gasteiger partial charge in [-0.25, -0.2) is 0 Å². The summed E-state index contributed by atoms with van der Waals surface area (Å²) in [6, 6.07) is 0. The van der Waals surface area contributed by atoms with Crippen molar-refractivity contribution in [2.45, 2.75) is 24.6 Å². The second-order valence-corrected chi connectivity index (χ2v) is 6.21. The molecule has 2 atom stereocenters. The van der Waals surface area contributed by atoms with Crippen LogP contribution in [0.5, 0.6) is 0 Å². The highest BCUT2D eigenvalue weighted by Gasteiger charge is 2.13. The van der Waals surface area contributed by atoms with E-state index >= 15 is 0 Å². The highest BCUT2D eigenvalue weighted by molar-refractivity contribution is 6.43. The Bertz CT molecular complexity index is 81.5. The molecule has 4 heteroatoms. The van der Waals surface area contributed by atoms with Crippen LogP contribution < -0.4 is 10.6 Å². The van der Waals surface area contributed by atoms with Crippen LogP contribution in [0, 0.1) is 0 Å². The Labute approximate surface area is 64.8 Å². The van der Waals surface area contributed by atoms with E-state index in [0.29, 0.717) is 6.17 Å². The molecule has 0 bridgehead atoms. The third-order valence-electron chi connectivity index (χ3n) is 0.993. The van der Waals surface area contributed by atoms with Gasteiger partial charge in [0.2, 0.25) is 0 Å². The monoisotopic (exact) mass is 166 g/mol. The Balaban J connectivity index is 3.47. The van der Waals surface area contributed by atoms with Gasteiger partial charge in [-0.3, -0.25) is 5.32 Å². The highest BCUT2D eigenvalue weighted by atomic mass is 35.5. The summed E-state index contributed by atoms with van der Waals surface area (Å²) in [5.74, 6) is 0. The van der Waals surface area contributed by atoms with Gasteiger partial charge in [-0.15, -0.1) is 11.6 Å². The van der Waals surface area contributed by atoms with Gasteiger partial charge in [0.25, 0.3) is 0 Å². The molecule has 0 heterocycles. The van der Waals surface area contributed by atoms with Gasteiger partial charge in [0.15, 0.2) is 0 Å². The Morgan fingerprint density at radius 3 is 2.22 bits per heavy atom. The van der Waals surface area contributed by atoms with Crippen molar-refractivity contribution in [1.82, 2.24) is 10.6 Å². The van der Waals surface area contributed by atoms with E-state index in [1.165, 1.54) is 0 Å². The SMILES string of the molecule is CNC(C)NC(C)([SiH3])Cl. The molecule has 0 saturated carbocycles. The van der Waals surface area contributed by atoms with Crippen molar-refractivity contribution in [2.24, 2.45) is 0 Å². The second-order valence-electron chi connectivity index (χ2n) is 2.63. The molecule has 56 valence electrons. The first kappa shape index (κ1) is 9.43. The maximum absolute atomic E-state index is 5.92. The molecular weight excluding hydrogens is 152 g/mol. The molecule has 0 aromatic rings. The van der Waals surface area contributed by atoms with Crippen molar-refractivity contribution in [1.29, 1.82) is 0 Å². The Morgan fingerprint density at radius 1 is 1.67 bits per heavy atom. The van der Waals surface area contributed by atoms with Gasteiger partial charge in [-0.1, -0.05) is 0 Å².